The van der Waals surface area contributed by atoms with Crippen molar-refractivity contribution in [2.75, 3.05) is 10.8 Å². The van der Waals surface area contributed by atoms with Crippen LogP contribution < -0.4 is 9.62 Å². The van der Waals surface area contributed by atoms with E-state index in [9.17, 15) is 13.2 Å². The van der Waals surface area contributed by atoms with Crippen molar-refractivity contribution in [2.24, 2.45) is 5.92 Å². The Bertz CT molecular complexity index is 1160. The zero-order chi connectivity index (χ0) is 24.0. The fraction of sp³-hybridized carbons (Fsp3) is 0.269. The zero-order valence-corrected chi connectivity index (χ0v) is 20.6. The third-order valence-corrected chi connectivity index (χ3v) is 7.30. The Kier molecular flexibility index (Phi) is 8.16. The first-order chi connectivity index (χ1) is 15.7. The minimum atomic E-state index is -3.97. The van der Waals surface area contributed by atoms with E-state index >= 15 is 0 Å². The molecule has 1 amide bonds. The lowest BCUT2D eigenvalue weighted by molar-refractivity contribution is -0.120. The second kappa shape index (κ2) is 10.9. The maximum absolute atomic E-state index is 13.5. The number of anilines is 1. The molecular formula is C26H29ClN2O3S. The molecule has 0 aliphatic carbocycles. The number of amides is 1. The summed E-state index contributed by atoms with van der Waals surface area (Å²) >= 11 is 6.01. The fourth-order valence-electron chi connectivity index (χ4n) is 3.57. The van der Waals surface area contributed by atoms with Crippen LogP contribution in [0, 0.1) is 12.8 Å². The van der Waals surface area contributed by atoms with Crippen LogP contribution in [0.25, 0.3) is 0 Å². The van der Waals surface area contributed by atoms with Gasteiger partial charge in [-0.25, -0.2) is 8.42 Å². The second-order valence-electron chi connectivity index (χ2n) is 8.46. The summed E-state index contributed by atoms with van der Waals surface area (Å²) in [7, 11) is -3.97. The van der Waals surface area contributed by atoms with Gasteiger partial charge in [-0.3, -0.25) is 9.10 Å². The lowest BCUT2D eigenvalue weighted by atomic mass is 9.97. The molecule has 0 heterocycles. The Morgan fingerprint density at radius 3 is 2.12 bits per heavy atom. The van der Waals surface area contributed by atoms with Crippen LogP contribution in [0.3, 0.4) is 0 Å². The van der Waals surface area contributed by atoms with Gasteiger partial charge in [0.05, 0.1) is 16.6 Å². The van der Waals surface area contributed by atoms with E-state index in [2.05, 4.69) is 19.2 Å². The molecule has 3 aromatic carbocycles. The summed E-state index contributed by atoms with van der Waals surface area (Å²) in [6, 6.07) is 22.5. The number of nitrogens with zero attached hydrogens (tertiary/aromatic N) is 1. The van der Waals surface area contributed by atoms with E-state index in [-0.39, 0.29) is 23.4 Å². The van der Waals surface area contributed by atoms with E-state index in [1.807, 2.05) is 37.3 Å². The van der Waals surface area contributed by atoms with Crippen molar-refractivity contribution >= 4 is 33.2 Å². The minimum Gasteiger partial charge on any atom is -0.348 e. The molecule has 7 heteroatoms. The summed E-state index contributed by atoms with van der Waals surface area (Å²) in [4.78, 5) is 13.3. The number of hydrogen-bond acceptors (Lipinski definition) is 3. The molecule has 0 bridgehead atoms. The number of sulfonamides is 1. The monoisotopic (exact) mass is 484 g/mol. The van der Waals surface area contributed by atoms with E-state index in [1.54, 1.807) is 48.5 Å². The molecule has 174 valence electrons. The molecular weight excluding hydrogens is 456 g/mol. The molecule has 1 N–H and O–H groups in total. The smallest absolute Gasteiger partial charge is 0.264 e. The van der Waals surface area contributed by atoms with Crippen LogP contribution in [0.5, 0.6) is 0 Å². The van der Waals surface area contributed by atoms with Crippen molar-refractivity contribution in [3.05, 3.63) is 95.0 Å². The van der Waals surface area contributed by atoms with Gasteiger partial charge in [0.25, 0.3) is 10.0 Å². The maximum Gasteiger partial charge on any atom is 0.264 e. The number of carbonyl (C=O) groups excluding carboxylic acids is 1. The van der Waals surface area contributed by atoms with Gasteiger partial charge in [0.2, 0.25) is 5.91 Å². The molecule has 3 aromatic rings. The van der Waals surface area contributed by atoms with Crippen molar-refractivity contribution in [3.63, 3.8) is 0 Å². The lowest BCUT2D eigenvalue weighted by Crippen LogP contribution is -2.42. The highest BCUT2D eigenvalue weighted by molar-refractivity contribution is 7.92. The van der Waals surface area contributed by atoms with Crippen LogP contribution >= 0.6 is 11.6 Å². The first-order valence-electron chi connectivity index (χ1n) is 10.9. The third kappa shape index (κ3) is 6.59. The Morgan fingerprint density at radius 1 is 0.939 bits per heavy atom. The predicted octanol–water partition coefficient (Wildman–Crippen LogP) is 5.75. The summed E-state index contributed by atoms with van der Waals surface area (Å²) in [5.41, 5.74) is 2.30. The molecule has 0 aromatic heterocycles. The average molecular weight is 485 g/mol. The van der Waals surface area contributed by atoms with Crippen molar-refractivity contribution < 1.29 is 13.2 Å². The van der Waals surface area contributed by atoms with Crippen LogP contribution in [0.2, 0.25) is 5.02 Å². The molecule has 5 nitrogen and oxygen atoms in total. The molecule has 0 saturated heterocycles. The number of carbonyl (C=O) groups is 1. The molecule has 0 aliphatic heterocycles. The first-order valence-corrected chi connectivity index (χ1v) is 12.7. The normalized spacial score (nSPS) is 12.4. The highest BCUT2D eigenvalue weighted by Gasteiger charge is 2.28. The summed E-state index contributed by atoms with van der Waals surface area (Å²) < 4.78 is 28.1. The number of nitrogens with one attached hydrogen (secondary N) is 1. The van der Waals surface area contributed by atoms with Gasteiger partial charge in [-0.15, -0.1) is 0 Å². The molecule has 1 atom stereocenters. The molecule has 0 saturated carbocycles. The summed E-state index contributed by atoms with van der Waals surface area (Å²) in [6.45, 7) is 5.71. The Hall–Kier alpha value is -2.83. The molecule has 0 radical (unpaired) electrons. The maximum atomic E-state index is 13.5. The lowest BCUT2D eigenvalue weighted by Gasteiger charge is -2.26. The molecule has 0 unspecified atom stereocenters. The van der Waals surface area contributed by atoms with Crippen LogP contribution in [0.1, 0.15) is 37.4 Å². The Labute approximate surface area is 201 Å². The minimum absolute atomic E-state index is 0.123. The third-order valence-electron chi connectivity index (χ3n) is 5.26. The van der Waals surface area contributed by atoms with Gasteiger partial charge in [-0.05, 0) is 61.2 Å². The van der Waals surface area contributed by atoms with Gasteiger partial charge in [0.1, 0.15) is 6.54 Å². The quantitative estimate of drug-likeness (QED) is 0.420. The van der Waals surface area contributed by atoms with E-state index < -0.39 is 10.0 Å². The van der Waals surface area contributed by atoms with Crippen molar-refractivity contribution in [1.29, 1.82) is 0 Å². The topological polar surface area (TPSA) is 66.5 Å². The first kappa shape index (κ1) is 24.8. The predicted molar refractivity (Wildman–Crippen MR) is 134 cm³/mol. The molecule has 33 heavy (non-hydrogen) atoms. The average Bonchev–Trinajstić information content (AvgIpc) is 2.78. The van der Waals surface area contributed by atoms with Gasteiger partial charge < -0.3 is 5.32 Å². The van der Waals surface area contributed by atoms with Crippen molar-refractivity contribution in [1.82, 2.24) is 5.32 Å². The van der Waals surface area contributed by atoms with Crippen LogP contribution in [-0.4, -0.2) is 20.9 Å². The Morgan fingerprint density at radius 2 is 1.55 bits per heavy atom. The van der Waals surface area contributed by atoms with Crippen LogP contribution in [0.4, 0.5) is 5.69 Å². The van der Waals surface area contributed by atoms with Gasteiger partial charge in [-0.2, -0.15) is 0 Å². The molecule has 3 rings (SSSR count). The number of aryl methyl sites for hydroxylation is 1. The zero-order valence-electron chi connectivity index (χ0n) is 19.0. The largest absolute Gasteiger partial charge is 0.348 e. The fourth-order valence-corrected chi connectivity index (χ4v) is 5.11. The van der Waals surface area contributed by atoms with E-state index in [1.165, 1.54) is 0 Å². The number of benzene rings is 3. The van der Waals surface area contributed by atoms with Crippen molar-refractivity contribution in [2.45, 2.75) is 38.1 Å². The molecule has 0 fully saturated rings. The Balaban J connectivity index is 1.91. The molecule has 0 spiro atoms. The highest BCUT2D eigenvalue weighted by Crippen LogP contribution is 2.26. The van der Waals surface area contributed by atoms with E-state index in [0.717, 1.165) is 21.9 Å². The summed E-state index contributed by atoms with van der Waals surface area (Å²) in [5, 5.41) is 3.52. The molecule has 0 aliphatic rings. The van der Waals surface area contributed by atoms with E-state index in [4.69, 9.17) is 11.6 Å². The number of rotatable bonds is 9. The van der Waals surface area contributed by atoms with Crippen LogP contribution in [-0.2, 0) is 14.8 Å². The van der Waals surface area contributed by atoms with Crippen LogP contribution in [0.15, 0.2) is 83.8 Å². The van der Waals surface area contributed by atoms with Gasteiger partial charge in [0, 0.05) is 5.02 Å². The number of halogens is 1. The van der Waals surface area contributed by atoms with Crippen molar-refractivity contribution in [3.8, 4) is 0 Å². The standard InChI is InChI=1S/C26H29ClN2O3S/c1-19(2)17-25(21-7-5-4-6-8-21)28-26(30)18-29(23-13-11-22(27)12-14-23)33(31,32)24-15-9-20(3)10-16-24/h4-16,19,25H,17-18H2,1-3H3,(H,28,30)/t25-/m0/s1. The second-order valence-corrected chi connectivity index (χ2v) is 10.8. The van der Waals surface area contributed by atoms with Gasteiger partial charge in [0.15, 0.2) is 0 Å². The van der Waals surface area contributed by atoms with E-state index in [0.29, 0.717) is 16.6 Å². The summed E-state index contributed by atoms with van der Waals surface area (Å²) in [6.07, 6.45) is 0.738. The van der Waals surface area contributed by atoms with Gasteiger partial charge in [-0.1, -0.05) is 73.5 Å². The summed E-state index contributed by atoms with van der Waals surface area (Å²) in [5.74, 6) is -0.0331. The van der Waals surface area contributed by atoms with Gasteiger partial charge >= 0.3 is 0 Å². The highest BCUT2D eigenvalue weighted by atomic mass is 35.5. The SMILES string of the molecule is Cc1ccc(S(=O)(=O)N(CC(=O)N[C@@H](CC(C)C)c2ccccc2)c2ccc(Cl)cc2)cc1. The number of hydrogen-bond donors (Lipinski definition) is 1.